The molecule has 0 radical (unpaired) electrons. The van der Waals surface area contributed by atoms with E-state index in [2.05, 4.69) is 17.4 Å². The second kappa shape index (κ2) is 10.0. The molecule has 1 atom stereocenters. The monoisotopic (exact) mass is 393 g/mol. The zero-order chi connectivity index (χ0) is 20.6. The Labute approximate surface area is 171 Å². The highest BCUT2D eigenvalue weighted by molar-refractivity contribution is 5.89. The summed E-state index contributed by atoms with van der Waals surface area (Å²) < 4.78 is 5.12. The van der Waals surface area contributed by atoms with E-state index in [1.165, 1.54) is 30.9 Å². The molecule has 2 aromatic rings. The predicted octanol–water partition coefficient (Wildman–Crippen LogP) is 2.97. The quantitative estimate of drug-likeness (QED) is 0.700. The molecule has 0 saturated carbocycles. The number of aryl methyl sites for hydroxylation is 2. The lowest BCUT2D eigenvalue weighted by Gasteiger charge is -2.17. The third kappa shape index (κ3) is 6.28. The van der Waals surface area contributed by atoms with Crippen molar-refractivity contribution in [1.82, 2.24) is 5.32 Å². The van der Waals surface area contributed by atoms with Crippen LogP contribution in [0, 0.1) is 0 Å². The molecule has 1 aliphatic rings. The van der Waals surface area contributed by atoms with Crippen LogP contribution in [-0.2, 0) is 44.8 Å². The van der Waals surface area contributed by atoms with Crippen molar-refractivity contribution in [3.05, 3.63) is 70.8 Å². The number of benzene rings is 2. The molecule has 0 bridgehead atoms. The maximum atomic E-state index is 12.2. The molecule has 5 nitrogen and oxygen atoms in total. The number of esters is 1. The summed E-state index contributed by atoms with van der Waals surface area (Å²) in [5.41, 5.74) is 4.53. The zero-order valence-electron chi connectivity index (χ0n) is 16.8. The highest BCUT2D eigenvalue weighted by Gasteiger charge is 2.19. The summed E-state index contributed by atoms with van der Waals surface area (Å²) in [5.74, 6) is -1.05. The maximum absolute atomic E-state index is 12.2. The second-order valence-corrected chi connectivity index (χ2v) is 7.57. The van der Waals surface area contributed by atoms with Crippen LogP contribution in [0.3, 0.4) is 0 Å². The lowest BCUT2D eigenvalue weighted by molar-refractivity contribution is -0.148. The number of hydrogen-bond donors (Lipinski definition) is 1. The summed E-state index contributed by atoms with van der Waals surface area (Å²) in [6, 6.07) is 15.0. The van der Waals surface area contributed by atoms with Crippen molar-refractivity contribution >= 4 is 17.7 Å². The summed E-state index contributed by atoms with van der Waals surface area (Å²) in [4.78, 5) is 36.1. The van der Waals surface area contributed by atoms with Gasteiger partial charge < -0.3 is 10.1 Å². The van der Waals surface area contributed by atoms with Crippen LogP contribution in [0.15, 0.2) is 48.5 Å². The number of rotatable bonds is 8. The number of carbonyl (C=O) groups is 3. The van der Waals surface area contributed by atoms with Crippen molar-refractivity contribution in [1.29, 1.82) is 0 Å². The number of amides is 1. The van der Waals surface area contributed by atoms with Gasteiger partial charge in [0.05, 0.1) is 12.5 Å². The first-order chi connectivity index (χ1) is 14.0. The van der Waals surface area contributed by atoms with Gasteiger partial charge >= 0.3 is 5.97 Å². The summed E-state index contributed by atoms with van der Waals surface area (Å²) in [6.45, 7) is 1.05. The largest absolute Gasteiger partial charge is 0.455 e. The number of fused-ring (bicyclic) bond motifs is 1. The lowest BCUT2D eigenvalue weighted by Crippen LogP contribution is -2.43. The van der Waals surface area contributed by atoms with E-state index in [4.69, 9.17) is 4.74 Å². The minimum absolute atomic E-state index is 0.136. The third-order valence-corrected chi connectivity index (χ3v) is 5.23. The molecule has 2 aromatic carbocycles. The summed E-state index contributed by atoms with van der Waals surface area (Å²) >= 11 is 0. The van der Waals surface area contributed by atoms with Gasteiger partial charge in [-0.15, -0.1) is 0 Å². The van der Waals surface area contributed by atoms with E-state index in [0.29, 0.717) is 6.42 Å². The van der Waals surface area contributed by atoms with Crippen molar-refractivity contribution in [3.8, 4) is 0 Å². The number of hydrogen-bond acceptors (Lipinski definition) is 4. The van der Waals surface area contributed by atoms with Crippen LogP contribution >= 0.6 is 0 Å². The van der Waals surface area contributed by atoms with Gasteiger partial charge in [0.15, 0.2) is 12.4 Å². The SMILES string of the molecule is CC(=O)[C@H](Cc1ccccc1)NC(=O)COC(=O)Cc1ccc2c(c1)CCCC2. The van der Waals surface area contributed by atoms with Crippen LogP contribution < -0.4 is 5.32 Å². The van der Waals surface area contributed by atoms with Crippen molar-refractivity contribution in [2.45, 2.75) is 51.5 Å². The minimum atomic E-state index is -0.635. The topological polar surface area (TPSA) is 72.5 Å². The number of nitrogens with one attached hydrogen (secondary N) is 1. The first-order valence-corrected chi connectivity index (χ1v) is 10.1. The summed E-state index contributed by atoms with van der Waals surface area (Å²) in [5, 5.41) is 2.66. The molecule has 0 fully saturated rings. The minimum Gasteiger partial charge on any atom is -0.455 e. The van der Waals surface area contributed by atoms with Crippen molar-refractivity contribution < 1.29 is 19.1 Å². The van der Waals surface area contributed by atoms with Crippen molar-refractivity contribution in [2.75, 3.05) is 6.61 Å². The molecule has 1 N–H and O–H groups in total. The molecular weight excluding hydrogens is 366 g/mol. The Hall–Kier alpha value is -2.95. The van der Waals surface area contributed by atoms with E-state index in [1.807, 2.05) is 36.4 Å². The number of ether oxygens (including phenoxy) is 1. The van der Waals surface area contributed by atoms with E-state index in [-0.39, 0.29) is 18.8 Å². The zero-order valence-corrected chi connectivity index (χ0v) is 16.8. The van der Waals surface area contributed by atoms with Crippen LogP contribution in [0.5, 0.6) is 0 Å². The molecule has 5 heteroatoms. The highest BCUT2D eigenvalue weighted by Crippen LogP contribution is 2.22. The van der Waals surface area contributed by atoms with Crippen molar-refractivity contribution in [2.24, 2.45) is 0 Å². The number of ketones is 1. The third-order valence-electron chi connectivity index (χ3n) is 5.23. The summed E-state index contributed by atoms with van der Waals surface area (Å²) in [7, 11) is 0. The molecule has 0 unspecified atom stereocenters. The van der Waals surface area contributed by atoms with Gasteiger partial charge in [-0.25, -0.2) is 0 Å². The van der Waals surface area contributed by atoms with Gasteiger partial charge in [-0.3, -0.25) is 14.4 Å². The molecule has 0 aromatic heterocycles. The first-order valence-electron chi connectivity index (χ1n) is 10.1. The van der Waals surface area contributed by atoms with Crippen LogP contribution in [0.4, 0.5) is 0 Å². The average molecular weight is 393 g/mol. The van der Waals surface area contributed by atoms with E-state index >= 15 is 0 Å². The molecule has 1 aliphatic carbocycles. The fourth-order valence-electron chi connectivity index (χ4n) is 3.64. The molecule has 152 valence electrons. The molecule has 1 amide bonds. The van der Waals surface area contributed by atoms with Crippen molar-refractivity contribution in [3.63, 3.8) is 0 Å². The molecule has 0 spiro atoms. The summed E-state index contributed by atoms with van der Waals surface area (Å²) in [6.07, 6.45) is 5.09. The van der Waals surface area contributed by atoms with E-state index in [0.717, 1.165) is 24.0 Å². The number of Topliss-reactive ketones (excluding diaryl/α,β-unsaturated/α-hetero) is 1. The smallest absolute Gasteiger partial charge is 0.310 e. The van der Waals surface area contributed by atoms with Gasteiger partial charge in [0.25, 0.3) is 5.91 Å². The Bertz CT molecular complexity index is 876. The normalized spacial score (nSPS) is 13.8. The first kappa shape index (κ1) is 20.8. The Kier molecular flexibility index (Phi) is 7.17. The molecule has 29 heavy (non-hydrogen) atoms. The predicted molar refractivity (Wildman–Crippen MR) is 111 cm³/mol. The molecular formula is C24H27NO4. The van der Waals surface area contributed by atoms with Gasteiger partial charge in [-0.1, -0.05) is 48.5 Å². The van der Waals surface area contributed by atoms with Crippen LogP contribution in [-0.4, -0.2) is 30.3 Å². The highest BCUT2D eigenvalue weighted by atomic mass is 16.5. The Morgan fingerprint density at radius 3 is 2.41 bits per heavy atom. The average Bonchev–Trinajstić information content (AvgIpc) is 2.72. The van der Waals surface area contributed by atoms with Crippen LogP contribution in [0.2, 0.25) is 0 Å². The van der Waals surface area contributed by atoms with Crippen LogP contribution in [0.25, 0.3) is 0 Å². The van der Waals surface area contributed by atoms with Gasteiger partial charge in [0, 0.05) is 0 Å². The molecule has 0 aliphatic heterocycles. The fourth-order valence-corrected chi connectivity index (χ4v) is 3.64. The number of carbonyl (C=O) groups excluding carboxylic acids is 3. The molecule has 3 rings (SSSR count). The second-order valence-electron chi connectivity index (χ2n) is 7.57. The standard InChI is InChI=1S/C24H27NO4/c1-17(26)22(14-18-7-3-2-4-8-18)25-23(27)16-29-24(28)15-19-11-12-20-9-5-6-10-21(20)13-19/h2-4,7-8,11-13,22H,5-6,9-10,14-16H2,1H3,(H,25,27)/t22-/m0/s1. The van der Waals surface area contributed by atoms with E-state index in [1.54, 1.807) is 0 Å². The maximum Gasteiger partial charge on any atom is 0.310 e. The van der Waals surface area contributed by atoms with E-state index in [9.17, 15) is 14.4 Å². The van der Waals surface area contributed by atoms with Crippen LogP contribution in [0.1, 0.15) is 42.0 Å². The van der Waals surface area contributed by atoms with Gasteiger partial charge in [0.1, 0.15) is 0 Å². The molecule has 0 saturated heterocycles. The lowest BCUT2D eigenvalue weighted by atomic mass is 9.90. The fraction of sp³-hybridized carbons (Fsp3) is 0.375. The van der Waals surface area contributed by atoms with Gasteiger partial charge in [0.2, 0.25) is 0 Å². The van der Waals surface area contributed by atoms with Gasteiger partial charge in [-0.05, 0) is 61.3 Å². The Balaban J connectivity index is 1.47. The Morgan fingerprint density at radius 2 is 1.69 bits per heavy atom. The van der Waals surface area contributed by atoms with Gasteiger partial charge in [-0.2, -0.15) is 0 Å². The molecule has 0 heterocycles. The van der Waals surface area contributed by atoms with E-state index < -0.39 is 17.9 Å². The Morgan fingerprint density at radius 1 is 0.966 bits per heavy atom.